The summed E-state index contributed by atoms with van der Waals surface area (Å²) in [6.07, 6.45) is 2.05. The topological polar surface area (TPSA) is 33.7 Å². The molecule has 2 heterocycles. The summed E-state index contributed by atoms with van der Waals surface area (Å²) in [5.74, 6) is 1.87. The third-order valence-electron chi connectivity index (χ3n) is 4.18. The van der Waals surface area contributed by atoms with Crippen molar-refractivity contribution in [3.63, 3.8) is 0 Å². The Morgan fingerprint density at radius 1 is 1.15 bits per heavy atom. The molecule has 1 aromatic carbocycles. The van der Waals surface area contributed by atoms with Crippen molar-refractivity contribution in [3.05, 3.63) is 23.3 Å². The first-order valence-corrected chi connectivity index (χ1v) is 7.66. The van der Waals surface area contributed by atoms with Gasteiger partial charge in [-0.25, -0.2) is 0 Å². The van der Waals surface area contributed by atoms with E-state index in [1.165, 1.54) is 11.1 Å². The van der Waals surface area contributed by atoms with Crippen LogP contribution in [0.1, 0.15) is 17.5 Å². The monoisotopic (exact) mass is 276 g/mol. The second-order valence-electron chi connectivity index (χ2n) is 5.57. The van der Waals surface area contributed by atoms with Crippen molar-refractivity contribution < 1.29 is 9.47 Å². The molecule has 1 N–H and O–H groups in total. The largest absolute Gasteiger partial charge is 0.490 e. The Morgan fingerprint density at radius 3 is 2.80 bits per heavy atom. The minimum atomic E-state index is 0.757. The van der Waals surface area contributed by atoms with Gasteiger partial charge in [-0.15, -0.1) is 0 Å². The lowest BCUT2D eigenvalue weighted by atomic mass is 10.0. The van der Waals surface area contributed by atoms with Crippen LogP contribution in [0.5, 0.6) is 11.5 Å². The zero-order valence-corrected chi connectivity index (χ0v) is 12.3. The molecule has 1 aromatic rings. The van der Waals surface area contributed by atoms with Crippen LogP contribution in [0.2, 0.25) is 0 Å². The molecule has 0 radical (unpaired) electrons. The third-order valence-corrected chi connectivity index (χ3v) is 4.18. The fourth-order valence-electron chi connectivity index (χ4n) is 2.90. The molecule has 0 atom stereocenters. The van der Waals surface area contributed by atoms with Gasteiger partial charge < -0.3 is 19.7 Å². The molecule has 0 aromatic heterocycles. The summed E-state index contributed by atoms with van der Waals surface area (Å²) in [5.41, 5.74) is 2.63. The second-order valence-corrected chi connectivity index (χ2v) is 5.57. The maximum Gasteiger partial charge on any atom is 0.164 e. The number of hydrogen-bond donors (Lipinski definition) is 1. The zero-order valence-electron chi connectivity index (χ0n) is 12.3. The molecule has 0 bridgehead atoms. The first-order chi connectivity index (χ1) is 9.84. The Morgan fingerprint density at radius 2 is 1.95 bits per heavy atom. The Hall–Kier alpha value is -1.26. The number of fused-ring (bicyclic) bond motifs is 1. The summed E-state index contributed by atoms with van der Waals surface area (Å²) in [6.45, 7) is 9.33. The number of nitrogens with zero attached hydrogens (tertiary/aromatic N) is 1. The Labute approximate surface area is 121 Å². The normalized spacial score (nSPS) is 19.6. The van der Waals surface area contributed by atoms with Crippen molar-refractivity contribution in [2.75, 3.05) is 45.9 Å². The van der Waals surface area contributed by atoms with Crippen LogP contribution in [-0.2, 0) is 6.42 Å². The lowest BCUT2D eigenvalue weighted by Gasteiger charge is -2.27. The molecule has 0 aliphatic carbocycles. The van der Waals surface area contributed by atoms with E-state index in [1.807, 2.05) is 0 Å². The van der Waals surface area contributed by atoms with Crippen LogP contribution in [0.15, 0.2) is 12.1 Å². The fourth-order valence-corrected chi connectivity index (χ4v) is 2.90. The van der Waals surface area contributed by atoms with Crippen molar-refractivity contribution in [1.29, 1.82) is 0 Å². The highest BCUT2D eigenvalue weighted by atomic mass is 16.5. The molecule has 0 amide bonds. The Balaban J connectivity index is 1.68. The molecular formula is C16H24N2O2. The summed E-state index contributed by atoms with van der Waals surface area (Å²) >= 11 is 0. The standard InChI is InChI=1S/C16H24N2O2/c1-13-14(5-8-18-9-6-17-7-10-18)3-4-15-16(13)20-12-2-11-19-15/h3-4,17H,2,5-12H2,1H3. The van der Waals surface area contributed by atoms with Crippen LogP contribution in [0.3, 0.4) is 0 Å². The average Bonchev–Trinajstić information content (AvgIpc) is 2.74. The molecule has 4 nitrogen and oxygen atoms in total. The van der Waals surface area contributed by atoms with Gasteiger partial charge >= 0.3 is 0 Å². The second kappa shape index (κ2) is 6.46. The van der Waals surface area contributed by atoms with E-state index in [1.54, 1.807) is 0 Å². The van der Waals surface area contributed by atoms with Gasteiger partial charge in [0.1, 0.15) is 0 Å². The van der Waals surface area contributed by atoms with Crippen LogP contribution in [0.25, 0.3) is 0 Å². The lowest BCUT2D eigenvalue weighted by Crippen LogP contribution is -2.44. The summed E-state index contributed by atoms with van der Waals surface area (Å²) in [4.78, 5) is 2.53. The van der Waals surface area contributed by atoms with Crippen LogP contribution in [0, 0.1) is 6.92 Å². The number of piperazine rings is 1. The molecule has 1 fully saturated rings. The van der Waals surface area contributed by atoms with E-state index < -0.39 is 0 Å². The summed E-state index contributed by atoms with van der Waals surface area (Å²) < 4.78 is 11.6. The summed E-state index contributed by atoms with van der Waals surface area (Å²) in [6, 6.07) is 4.27. The Bertz CT molecular complexity index is 456. The molecule has 0 unspecified atom stereocenters. The number of hydrogen-bond acceptors (Lipinski definition) is 4. The van der Waals surface area contributed by atoms with Gasteiger partial charge in [0.25, 0.3) is 0 Å². The van der Waals surface area contributed by atoms with Gasteiger partial charge in [0.15, 0.2) is 11.5 Å². The van der Waals surface area contributed by atoms with E-state index in [2.05, 4.69) is 29.3 Å². The number of ether oxygens (including phenoxy) is 2. The zero-order chi connectivity index (χ0) is 13.8. The van der Waals surface area contributed by atoms with Crippen molar-refractivity contribution in [2.45, 2.75) is 19.8 Å². The Kier molecular flexibility index (Phi) is 4.43. The molecule has 110 valence electrons. The highest BCUT2D eigenvalue weighted by Gasteiger charge is 2.16. The minimum Gasteiger partial charge on any atom is -0.490 e. The molecule has 2 aliphatic rings. The van der Waals surface area contributed by atoms with Crippen LogP contribution >= 0.6 is 0 Å². The van der Waals surface area contributed by atoms with Gasteiger partial charge in [-0.2, -0.15) is 0 Å². The van der Waals surface area contributed by atoms with Gasteiger partial charge in [-0.05, 0) is 30.5 Å². The van der Waals surface area contributed by atoms with Crippen molar-refractivity contribution in [3.8, 4) is 11.5 Å². The van der Waals surface area contributed by atoms with E-state index in [0.717, 1.165) is 70.3 Å². The molecule has 0 saturated carbocycles. The molecule has 0 spiro atoms. The first-order valence-electron chi connectivity index (χ1n) is 7.66. The minimum absolute atomic E-state index is 0.757. The molecular weight excluding hydrogens is 252 g/mol. The van der Waals surface area contributed by atoms with E-state index in [-0.39, 0.29) is 0 Å². The van der Waals surface area contributed by atoms with Gasteiger partial charge in [0.2, 0.25) is 0 Å². The van der Waals surface area contributed by atoms with E-state index in [0.29, 0.717) is 0 Å². The molecule has 3 rings (SSSR count). The number of nitrogens with one attached hydrogen (secondary N) is 1. The van der Waals surface area contributed by atoms with Gasteiger partial charge in [-0.3, -0.25) is 0 Å². The summed E-state index contributed by atoms with van der Waals surface area (Å²) in [7, 11) is 0. The van der Waals surface area contributed by atoms with Gasteiger partial charge in [0.05, 0.1) is 13.2 Å². The lowest BCUT2D eigenvalue weighted by molar-refractivity contribution is 0.243. The van der Waals surface area contributed by atoms with E-state index in [9.17, 15) is 0 Å². The fraction of sp³-hybridized carbons (Fsp3) is 0.625. The maximum absolute atomic E-state index is 5.86. The molecule has 1 saturated heterocycles. The van der Waals surface area contributed by atoms with Crippen LogP contribution in [-0.4, -0.2) is 50.8 Å². The van der Waals surface area contributed by atoms with Gasteiger partial charge in [0, 0.05) is 39.1 Å². The number of benzene rings is 1. The SMILES string of the molecule is Cc1c(CCN2CCNCC2)ccc2c1OCCCO2. The smallest absolute Gasteiger partial charge is 0.164 e. The quantitative estimate of drug-likeness (QED) is 0.909. The van der Waals surface area contributed by atoms with Crippen LogP contribution in [0.4, 0.5) is 0 Å². The first kappa shape index (κ1) is 13.7. The summed E-state index contributed by atoms with van der Waals surface area (Å²) in [5, 5.41) is 3.39. The van der Waals surface area contributed by atoms with Gasteiger partial charge in [-0.1, -0.05) is 6.07 Å². The highest BCUT2D eigenvalue weighted by Crippen LogP contribution is 2.35. The molecule has 2 aliphatic heterocycles. The predicted octanol–water partition coefficient (Wildman–Crippen LogP) is 1.60. The van der Waals surface area contributed by atoms with E-state index in [4.69, 9.17) is 9.47 Å². The van der Waals surface area contributed by atoms with Crippen molar-refractivity contribution in [1.82, 2.24) is 10.2 Å². The molecule has 4 heteroatoms. The maximum atomic E-state index is 5.86. The van der Waals surface area contributed by atoms with E-state index >= 15 is 0 Å². The van der Waals surface area contributed by atoms with Crippen LogP contribution < -0.4 is 14.8 Å². The third kappa shape index (κ3) is 3.07. The molecule has 20 heavy (non-hydrogen) atoms. The number of rotatable bonds is 3. The van der Waals surface area contributed by atoms with Crippen molar-refractivity contribution in [2.24, 2.45) is 0 Å². The predicted molar refractivity (Wildman–Crippen MR) is 79.8 cm³/mol. The average molecular weight is 276 g/mol. The highest BCUT2D eigenvalue weighted by molar-refractivity contribution is 5.50. The van der Waals surface area contributed by atoms with Crippen molar-refractivity contribution >= 4 is 0 Å².